The molecule has 1 aromatic heterocycles. The van der Waals surface area contributed by atoms with Gasteiger partial charge in [0.2, 0.25) is 5.91 Å². The van der Waals surface area contributed by atoms with Crippen molar-refractivity contribution in [1.82, 2.24) is 20.0 Å². The van der Waals surface area contributed by atoms with Gasteiger partial charge in [-0.1, -0.05) is 18.2 Å². The molecule has 0 atom stereocenters. The van der Waals surface area contributed by atoms with Gasteiger partial charge < -0.3 is 10.2 Å². The van der Waals surface area contributed by atoms with E-state index < -0.39 is 0 Å². The first-order chi connectivity index (χ1) is 9.16. The van der Waals surface area contributed by atoms with Crippen molar-refractivity contribution in [2.24, 2.45) is 0 Å². The molecular formula is C14H18N4O. The number of amides is 1. The Morgan fingerprint density at radius 1 is 1.32 bits per heavy atom. The van der Waals surface area contributed by atoms with E-state index in [1.165, 1.54) is 0 Å². The topological polar surface area (TPSA) is 50.2 Å². The van der Waals surface area contributed by atoms with Crippen LogP contribution in [0.15, 0.2) is 42.7 Å². The molecule has 0 aliphatic carbocycles. The van der Waals surface area contributed by atoms with Crippen LogP contribution in [0.5, 0.6) is 0 Å². The van der Waals surface area contributed by atoms with Gasteiger partial charge in [0.25, 0.3) is 0 Å². The zero-order valence-corrected chi connectivity index (χ0v) is 11.2. The number of hydrogen-bond acceptors (Lipinski definition) is 3. The van der Waals surface area contributed by atoms with Gasteiger partial charge in [-0.25, -0.2) is 4.68 Å². The zero-order valence-electron chi connectivity index (χ0n) is 11.2. The fourth-order valence-corrected chi connectivity index (χ4v) is 1.65. The number of aromatic nitrogens is 2. The second kappa shape index (κ2) is 6.15. The average molecular weight is 258 g/mol. The molecule has 5 heteroatoms. The molecule has 1 heterocycles. The lowest BCUT2D eigenvalue weighted by atomic mass is 10.3. The van der Waals surface area contributed by atoms with Crippen LogP contribution < -0.4 is 5.32 Å². The molecule has 1 aromatic carbocycles. The quantitative estimate of drug-likeness (QED) is 0.872. The Morgan fingerprint density at radius 3 is 2.74 bits per heavy atom. The van der Waals surface area contributed by atoms with E-state index in [4.69, 9.17) is 0 Å². The molecule has 0 saturated carbocycles. The highest BCUT2D eigenvalue weighted by Crippen LogP contribution is 2.07. The Labute approximate surface area is 112 Å². The van der Waals surface area contributed by atoms with Crippen molar-refractivity contribution in [2.45, 2.75) is 6.54 Å². The Kier molecular flexibility index (Phi) is 4.30. The third-order valence-corrected chi connectivity index (χ3v) is 2.76. The SMILES string of the molecule is CN(C)C(=O)CNCc1cnn(-c2ccccc2)c1. The van der Waals surface area contributed by atoms with Gasteiger partial charge >= 0.3 is 0 Å². The van der Waals surface area contributed by atoms with E-state index in [2.05, 4.69) is 10.4 Å². The minimum absolute atomic E-state index is 0.0652. The fraction of sp³-hybridized carbons (Fsp3) is 0.286. The van der Waals surface area contributed by atoms with Crippen molar-refractivity contribution in [1.29, 1.82) is 0 Å². The van der Waals surface area contributed by atoms with E-state index in [1.807, 2.05) is 41.2 Å². The standard InChI is InChI=1S/C14H18N4O/c1-17(2)14(19)10-15-8-12-9-16-18(11-12)13-6-4-3-5-7-13/h3-7,9,11,15H,8,10H2,1-2H3. The molecule has 19 heavy (non-hydrogen) atoms. The van der Waals surface area contributed by atoms with Crippen molar-refractivity contribution in [3.63, 3.8) is 0 Å². The van der Waals surface area contributed by atoms with Crippen LogP contribution in [-0.4, -0.2) is 41.2 Å². The maximum absolute atomic E-state index is 11.4. The number of likely N-dealkylation sites (N-methyl/N-ethyl adjacent to an activating group) is 1. The summed E-state index contributed by atoms with van der Waals surface area (Å²) in [4.78, 5) is 13.0. The number of carbonyl (C=O) groups excluding carboxylic acids is 1. The van der Waals surface area contributed by atoms with E-state index in [0.717, 1.165) is 11.3 Å². The lowest BCUT2D eigenvalue weighted by molar-refractivity contribution is -0.127. The molecule has 1 amide bonds. The lowest BCUT2D eigenvalue weighted by Gasteiger charge is -2.10. The zero-order chi connectivity index (χ0) is 13.7. The molecule has 100 valence electrons. The summed E-state index contributed by atoms with van der Waals surface area (Å²) in [5, 5.41) is 7.40. The second-order valence-corrected chi connectivity index (χ2v) is 4.52. The predicted octanol–water partition coefficient (Wildman–Crippen LogP) is 1.05. The van der Waals surface area contributed by atoms with Gasteiger partial charge in [-0.2, -0.15) is 5.10 Å². The van der Waals surface area contributed by atoms with E-state index in [9.17, 15) is 4.79 Å². The number of nitrogens with zero attached hydrogens (tertiary/aromatic N) is 3. The van der Waals surface area contributed by atoms with Crippen LogP contribution >= 0.6 is 0 Å². The van der Waals surface area contributed by atoms with Crippen molar-refractivity contribution in [2.75, 3.05) is 20.6 Å². The Hall–Kier alpha value is -2.14. The third-order valence-electron chi connectivity index (χ3n) is 2.76. The van der Waals surface area contributed by atoms with Crippen LogP contribution in [0.1, 0.15) is 5.56 Å². The van der Waals surface area contributed by atoms with E-state index in [1.54, 1.807) is 25.2 Å². The van der Waals surface area contributed by atoms with Crippen LogP contribution in [0.2, 0.25) is 0 Å². The largest absolute Gasteiger partial charge is 0.348 e. The van der Waals surface area contributed by atoms with Crippen molar-refractivity contribution in [3.05, 3.63) is 48.3 Å². The number of para-hydroxylation sites is 1. The van der Waals surface area contributed by atoms with Gasteiger partial charge in [-0.3, -0.25) is 4.79 Å². The summed E-state index contributed by atoms with van der Waals surface area (Å²) >= 11 is 0. The summed E-state index contributed by atoms with van der Waals surface area (Å²) in [6, 6.07) is 9.93. The smallest absolute Gasteiger partial charge is 0.236 e. The lowest BCUT2D eigenvalue weighted by Crippen LogP contribution is -2.32. The summed E-state index contributed by atoms with van der Waals surface area (Å²) in [7, 11) is 3.49. The first-order valence-corrected chi connectivity index (χ1v) is 6.16. The fourth-order valence-electron chi connectivity index (χ4n) is 1.65. The first-order valence-electron chi connectivity index (χ1n) is 6.16. The average Bonchev–Trinajstić information content (AvgIpc) is 2.88. The van der Waals surface area contributed by atoms with E-state index >= 15 is 0 Å². The monoisotopic (exact) mass is 258 g/mol. The molecule has 0 unspecified atom stereocenters. The molecule has 0 spiro atoms. The summed E-state index contributed by atoms with van der Waals surface area (Å²) in [5.74, 6) is 0.0652. The highest BCUT2D eigenvalue weighted by Gasteiger charge is 2.04. The Bertz CT molecular complexity index is 533. The highest BCUT2D eigenvalue weighted by molar-refractivity contribution is 5.77. The van der Waals surface area contributed by atoms with E-state index in [0.29, 0.717) is 13.1 Å². The third kappa shape index (κ3) is 3.66. The second-order valence-electron chi connectivity index (χ2n) is 4.52. The Morgan fingerprint density at radius 2 is 2.05 bits per heavy atom. The number of rotatable bonds is 5. The maximum atomic E-state index is 11.4. The minimum atomic E-state index is 0.0652. The number of carbonyl (C=O) groups is 1. The van der Waals surface area contributed by atoms with Gasteiger partial charge in [0.15, 0.2) is 0 Å². The Balaban J connectivity index is 1.90. The van der Waals surface area contributed by atoms with Crippen molar-refractivity contribution in [3.8, 4) is 5.69 Å². The normalized spacial score (nSPS) is 10.4. The van der Waals surface area contributed by atoms with Crippen LogP contribution in [0.4, 0.5) is 0 Å². The molecule has 0 fully saturated rings. The molecule has 1 N–H and O–H groups in total. The molecule has 2 aromatic rings. The first kappa shape index (κ1) is 13.3. The number of nitrogens with one attached hydrogen (secondary N) is 1. The van der Waals surface area contributed by atoms with Crippen LogP contribution in [0.3, 0.4) is 0 Å². The molecule has 0 saturated heterocycles. The molecule has 0 aliphatic rings. The summed E-state index contributed by atoms with van der Waals surface area (Å²) in [5.41, 5.74) is 2.08. The number of benzene rings is 1. The summed E-state index contributed by atoms with van der Waals surface area (Å²) in [6.45, 7) is 0.968. The van der Waals surface area contributed by atoms with Gasteiger partial charge in [0, 0.05) is 32.4 Å². The highest BCUT2D eigenvalue weighted by atomic mass is 16.2. The predicted molar refractivity (Wildman–Crippen MR) is 74.0 cm³/mol. The molecule has 0 bridgehead atoms. The van der Waals surface area contributed by atoms with Gasteiger partial charge in [0.05, 0.1) is 18.4 Å². The molecule has 0 aliphatic heterocycles. The van der Waals surface area contributed by atoms with Gasteiger partial charge in [-0.05, 0) is 12.1 Å². The van der Waals surface area contributed by atoms with Gasteiger partial charge in [-0.15, -0.1) is 0 Å². The van der Waals surface area contributed by atoms with Crippen LogP contribution in [-0.2, 0) is 11.3 Å². The summed E-state index contributed by atoms with van der Waals surface area (Å²) in [6.07, 6.45) is 3.77. The molecule has 5 nitrogen and oxygen atoms in total. The maximum Gasteiger partial charge on any atom is 0.236 e. The van der Waals surface area contributed by atoms with E-state index in [-0.39, 0.29) is 5.91 Å². The minimum Gasteiger partial charge on any atom is -0.348 e. The van der Waals surface area contributed by atoms with Crippen molar-refractivity contribution >= 4 is 5.91 Å². The number of hydrogen-bond donors (Lipinski definition) is 1. The van der Waals surface area contributed by atoms with Crippen LogP contribution in [0, 0.1) is 0 Å². The van der Waals surface area contributed by atoms with Gasteiger partial charge in [0.1, 0.15) is 0 Å². The van der Waals surface area contributed by atoms with Crippen LogP contribution in [0.25, 0.3) is 5.69 Å². The molecular weight excluding hydrogens is 240 g/mol. The molecule has 2 rings (SSSR count). The van der Waals surface area contributed by atoms with Crippen molar-refractivity contribution < 1.29 is 4.79 Å². The summed E-state index contributed by atoms with van der Waals surface area (Å²) < 4.78 is 1.82. The molecule has 0 radical (unpaired) electrons.